The number of nitrogens with two attached hydrogens (primary N) is 2. The summed E-state index contributed by atoms with van der Waals surface area (Å²) in [6.45, 7) is 0. The van der Waals surface area contributed by atoms with Crippen LogP contribution in [0.5, 0.6) is 0 Å². The zero-order valence-electron chi connectivity index (χ0n) is 7.68. The monoisotopic (exact) mass is 195 g/mol. The predicted octanol–water partition coefficient (Wildman–Crippen LogP) is 0.528. The van der Waals surface area contributed by atoms with Gasteiger partial charge in [0.2, 0.25) is 0 Å². The normalized spacial score (nSPS) is 12.4. The van der Waals surface area contributed by atoms with Crippen molar-refractivity contribution in [1.29, 1.82) is 0 Å². The van der Waals surface area contributed by atoms with Crippen LogP contribution in [0.2, 0.25) is 0 Å². The minimum Gasteiger partial charge on any atom is -0.481 e. The highest BCUT2D eigenvalue weighted by Gasteiger charge is 2.08. The van der Waals surface area contributed by atoms with Gasteiger partial charge in [0.05, 0.1) is 5.69 Å². The zero-order chi connectivity index (χ0) is 10.6. The molecule has 0 radical (unpaired) electrons. The highest BCUT2D eigenvalue weighted by Crippen LogP contribution is 2.16. The average molecular weight is 195 g/mol. The summed E-state index contributed by atoms with van der Waals surface area (Å²) in [5, 5.41) is 8.47. The Kier molecular flexibility index (Phi) is 3.41. The van der Waals surface area contributed by atoms with Crippen LogP contribution in [0.3, 0.4) is 0 Å². The van der Waals surface area contributed by atoms with E-state index in [0.717, 1.165) is 5.56 Å². The van der Waals surface area contributed by atoms with Crippen molar-refractivity contribution in [2.75, 3.05) is 5.73 Å². The Morgan fingerprint density at radius 1 is 1.57 bits per heavy atom. The fraction of sp³-hybridized carbons (Fsp3) is 0.333. The van der Waals surface area contributed by atoms with Gasteiger partial charge in [0.15, 0.2) is 0 Å². The van der Waals surface area contributed by atoms with E-state index in [9.17, 15) is 4.79 Å². The Labute approximate surface area is 81.7 Å². The summed E-state index contributed by atoms with van der Waals surface area (Å²) < 4.78 is 0. The molecule has 0 aliphatic carbocycles. The summed E-state index contributed by atoms with van der Waals surface area (Å²) in [5.74, 6) is -0.850. The molecule has 0 amide bonds. The van der Waals surface area contributed by atoms with Crippen molar-refractivity contribution in [2.45, 2.75) is 18.9 Å². The van der Waals surface area contributed by atoms with E-state index in [0.29, 0.717) is 12.1 Å². The molecule has 0 bridgehead atoms. The molecule has 0 aliphatic rings. The van der Waals surface area contributed by atoms with Crippen molar-refractivity contribution < 1.29 is 9.90 Å². The fourth-order valence-electron chi connectivity index (χ4n) is 1.12. The fourth-order valence-corrected chi connectivity index (χ4v) is 1.12. The van der Waals surface area contributed by atoms with Gasteiger partial charge in [0, 0.05) is 24.9 Å². The van der Waals surface area contributed by atoms with E-state index in [-0.39, 0.29) is 12.5 Å². The molecular formula is C9H13N3O2. The van der Waals surface area contributed by atoms with Crippen molar-refractivity contribution >= 4 is 11.7 Å². The van der Waals surface area contributed by atoms with Crippen LogP contribution in [-0.2, 0) is 4.79 Å². The second-order valence-corrected chi connectivity index (χ2v) is 3.09. The molecule has 0 saturated carbocycles. The summed E-state index contributed by atoms with van der Waals surface area (Å²) in [6.07, 6.45) is 3.56. The SMILES string of the molecule is Nc1cncc([C@H](N)CCC(=O)O)c1. The Hall–Kier alpha value is -1.62. The molecule has 0 aromatic carbocycles. The molecule has 0 saturated heterocycles. The minimum absolute atomic E-state index is 0.0516. The molecule has 5 N–H and O–H groups in total. The number of nitrogens with zero attached hydrogens (tertiary/aromatic N) is 1. The van der Waals surface area contributed by atoms with Crippen molar-refractivity contribution in [3.63, 3.8) is 0 Å². The van der Waals surface area contributed by atoms with Crippen LogP contribution in [0, 0.1) is 0 Å². The van der Waals surface area contributed by atoms with E-state index in [1.54, 1.807) is 12.3 Å². The smallest absolute Gasteiger partial charge is 0.303 e. The largest absolute Gasteiger partial charge is 0.481 e. The highest BCUT2D eigenvalue weighted by molar-refractivity contribution is 5.66. The molecule has 1 aromatic heterocycles. The Morgan fingerprint density at radius 3 is 2.86 bits per heavy atom. The maximum absolute atomic E-state index is 10.3. The van der Waals surface area contributed by atoms with Crippen molar-refractivity contribution in [3.8, 4) is 0 Å². The third kappa shape index (κ3) is 3.02. The van der Waals surface area contributed by atoms with E-state index < -0.39 is 5.97 Å². The van der Waals surface area contributed by atoms with E-state index in [1.165, 1.54) is 6.20 Å². The molecule has 5 nitrogen and oxygen atoms in total. The third-order valence-electron chi connectivity index (χ3n) is 1.88. The summed E-state index contributed by atoms with van der Waals surface area (Å²) >= 11 is 0. The second kappa shape index (κ2) is 4.57. The first kappa shape index (κ1) is 10.5. The first-order valence-electron chi connectivity index (χ1n) is 4.27. The molecule has 1 aromatic rings. The number of aromatic nitrogens is 1. The third-order valence-corrected chi connectivity index (χ3v) is 1.88. The van der Waals surface area contributed by atoms with Gasteiger partial charge in [-0.15, -0.1) is 0 Å². The van der Waals surface area contributed by atoms with Crippen LogP contribution in [0.4, 0.5) is 5.69 Å². The van der Waals surface area contributed by atoms with Gasteiger partial charge in [-0.3, -0.25) is 9.78 Å². The number of pyridine rings is 1. The Morgan fingerprint density at radius 2 is 2.29 bits per heavy atom. The topological polar surface area (TPSA) is 102 Å². The Bertz CT molecular complexity index is 328. The number of carboxylic acid groups (broad SMARTS) is 1. The lowest BCUT2D eigenvalue weighted by Gasteiger charge is -2.10. The van der Waals surface area contributed by atoms with E-state index in [1.807, 2.05) is 0 Å². The first-order valence-corrected chi connectivity index (χ1v) is 4.27. The van der Waals surface area contributed by atoms with Gasteiger partial charge >= 0.3 is 5.97 Å². The standard InChI is InChI=1S/C9H13N3O2/c10-7-3-6(4-12-5-7)8(11)1-2-9(13)14/h3-5,8H,1-2,10-11H2,(H,13,14)/t8-/m1/s1. The molecule has 14 heavy (non-hydrogen) atoms. The molecule has 0 aliphatic heterocycles. The van der Waals surface area contributed by atoms with E-state index in [4.69, 9.17) is 16.6 Å². The molecule has 0 spiro atoms. The van der Waals surface area contributed by atoms with Gasteiger partial charge in [0.1, 0.15) is 0 Å². The van der Waals surface area contributed by atoms with Crippen LogP contribution in [-0.4, -0.2) is 16.1 Å². The maximum Gasteiger partial charge on any atom is 0.303 e. The van der Waals surface area contributed by atoms with Gasteiger partial charge in [-0.1, -0.05) is 0 Å². The molecule has 1 heterocycles. The average Bonchev–Trinajstić information content (AvgIpc) is 2.14. The number of aliphatic carboxylic acids is 1. The predicted molar refractivity (Wildman–Crippen MR) is 52.4 cm³/mol. The molecular weight excluding hydrogens is 182 g/mol. The number of anilines is 1. The maximum atomic E-state index is 10.3. The molecule has 1 atom stereocenters. The summed E-state index contributed by atoms with van der Waals surface area (Å²) in [4.78, 5) is 14.2. The first-order chi connectivity index (χ1) is 6.59. The van der Waals surface area contributed by atoms with Gasteiger partial charge in [-0.2, -0.15) is 0 Å². The summed E-state index contributed by atoms with van der Waals surface area (Å²) in [7, 11) is 0. The number of hydrogen-bond acceptors (Lipinski definition) is 4. The Balaban J connectivity index is 2.60. The summed E-state index contributed by atoms with van der Waals surface area (Å²) in [5.41, 5.74) is 12.6. The minimum atomic E-state index is -0.850. The number of carbonyl (C=O) groups is 1. The summed E-state index contributed by atoms with van der Waals surface area (Å²) in [6, 6.07) is 1.39. The second-order valence-electron chi connectivity index (χ2n) is 3.09. The molecule has 0 fully saturated rings. The van der Waals surface area contributed by atoms with Crippen LogP contribution < -0.4 is 11.5 Å². The molecule has 5 heteroatoms. The van der Waals surface area contributed by atoms with E-state index in [2.05, 4.69) is 4.98 Å². The molecule has 76 valence electrons. The zero-order valence-corrected chi connectivity index (χ0v) is 7.68. The quantitative estimate of drug-likeness (QED) is 0.650. The lowest BCUT2D eigenvalue weighted by Crippen LogP contribution is -2.12. The van der Waals surface area contributed by atoms with Crippen molar-refractivity contribution in [3.05, 3.63) is 24.0 Å². The van der Waals surface area contributed by atoms with Crippen LogP contribution in [0.1, 0.15) is 24.4 Å². The molecule has 1 rings (SSSR count). The van der Waals surface area contributed by atoms with Crippen LogP contribution in [0.15, 0.2) is 18.5 Å². The lowest BCUT2D eigenvalue weighted by molar-refractivity contribution is -0.137. The van der Waals surface area contributed by atoms with Gasteiger partial charge in [-0.05, 0) is 18.1 Å². The van der Waals surface area contributed by atoms with Crippen molar-refractivity contribution in [1.82, 2.24) is 4.98 Å². The number of nitrogen functional groups attached to an aromatic ring is 1. The van der Waals surface area contributed by atoms with Gasteiger partial charge < -0.3 is 16.6 Å². The van der Waals surface area contributed by atoms with Gasteiger partial charge in [0.25, 0.3) is 0 Å². The lowest BCUT2D eigenvalue weighted by atomic mass is 10.0. The number of carboxylic acids is 1. The van der Waals surface area contributed by atoms with E-state index >= 15 is 0 Å². The van der Waals surface area contributed by atoms with Gasteiger partial charge in [-0.25, -0.2) is 0 Å². The molecule has 0 unspecified atom stereocenters. The van der Waals surface area contributed by atoms with Crippen LogP contribution >= 0.6 is 0 Å². The van der Waals surface area contributed by atoms with Crippen LogP contribution in [0.25, 0.3) is 0 Å². The van der Waals surface area contributed by atoms with Crippen molar-refractivity contribution in [2.24, 2.45) is 5.73 Å². The highest BCUT2D eigenvalue weighted by atomic mass is 16.4. The number of rotatable bonds is 4. The number of hydrogen-bond donors (Lipinski definition) is 3.